The number of amides is 1. The Bertz CT molecular complexity index is 219. The van der Waals surface area contributed by atoms with Gasteiger partial charge in [-0.05, 0) is 20.3 Å². The zero-order chi connectivity index (χ0) is 11.8. The van der Waals surface area contributed by atoms with Crippen molar-refractivity contribution in [2.45, 2.75) is 45.7 Å². The van der Waals surface area contributed by atoms with Crippen LogP contribution in [0.1, 0.15) is 33.6 Å². The molecule has 0 heterocycles. The van der Waals surface area contributed by atoms with Crippen LogP contribution in [0.4, 0.5) is 0 Å². The predicted octanol–water partition coefficient (Wildman–Crippen LogP) is 0.354. The topological polar surface area (TPSA) is 78.4 Å². The van der Waals surface area contributed by atoms with Crippen LogP contribution in [-0.4, -0.2) is 35.6 Å². The molecule has 0 aliphatic carbocycles. The lowest BCUT2D eigenvalue weighted by Gasteiger charge is -2.14. The average Bonchev–Trinajstić information content (AvgIpc) is 2.14. The van der Waals surface area contributed by atoms with Gasteiger partial charge in [0, 0.05) is 6.04 Å². The molecule has 0 aromatic heterocycles. The molecule has 2 atom stereocenters. The minimum Gasteiger partial charge on any atom is -0.480 e. The van der Waals surface area contributed by atoms with Crippen LogP contribution in [0.3, 0.4) is 0 Å². The van der Waals surface area contributed by atoms with Crippen LogP contribution >= 0.6 is 0 Å². The van der Waals surface area contributed by atoms with Gasteiger partial charge in [0.05, 0.1) is 6.54 Å². The van der Waals surface area contributed by atoms with Gasteiger partial charge in [0.2, 0.25) is 5.91 Å². The van der Waals surface area contributed by atoms with Gasteiger partial charge < -0.3 is 10.4 Å². The third-order valence-electron chi connectivity index (χ3n) is 2.07. The number of rotatable bonds is 7. The smallest absolute Gasteiger partial charge is 0.320 e. The third kappa shape index (κ3) is 6.90. The highest BCUT2D eigenvalue weighted by atomic mass is 16.4. The van der Waals surface area contributed by atoms with Crippen molar-refractivity contribution >= 4 is 11.9 Å². The lowest BCUT2D eigenvalue weighted by atomic mass is 10.2. The number of hydrogen-bond acceptors (Lipinski definition) is 3. The highest BCUT2D eigenvalue weighted by molar-refractivity contribution is 5.79. The van der Waals surface area contributed by atoms with E-state index in [-0.39, 0.29) is 18.5 Å². The van der Waals surface area contributed by atoms with Crippen molar-refractivity contribution in [1.82, 2.24) is 10.6 Å². The maximum Gasteiger partial charge on any atom is 0.320 e. The molecule has 0 fully saturated rings. The number of nitrogens with one attached hydrogen (secondary N) is 2. The predicted molar refractivity (Wildman–Crippen MR) is 57.6 cm³/mol. The number of carboxylic acids is 1. The molecule has 0 radical (unpaired) electrons. The molecule has 0 aromatic carbocycles. The van der Waals surface area contributed by atoms with Crippen molar-refractivity contribution in [2.75, 3.05) is 6.54 Å². The standard InChI is InChI=1S/C10H20N2O3/c1-4-5-7(2)12-9(13)6-11-8(3)10(14)15/h7-8,11H,4-6H2,1-3H3,(H,12,13)(H,14,15). The molecule has 0 saturated heterocycles. The number of hydrogen-bond donors (Lipinski definition) is 3. The normalized spacial score (nSPS) is 14.3. The Morgan fingerprint density at radius 3 is 2.40 bits per heavy atom. The van der Waals surface area contributed by atoms with Crippen molar-refractivity contribution in [3.63, 3.8) is 0 Å². The van der Waals surface area contributed by atoms with Gasteiger partial charge in [0.1, 0.15) is 6.04 Å². The highest BCUT2D eigenvalue weighted by Gasteiger charge is 2.12. The molecule has 5 heteroatoms. The number of carboxylic acid groups (broad SMARTS) is 1. The van der Waals surface area contributed by atoms with E-state index in [1.165, 1.54) is 6.92 Å². The van der Waals surface area contributed by atoms with Gasteiger partial charge >= 0.3 is 5.97 Å². The van der Waals surface area contributed by atoms with Crippen molar-refractivity contribution in [3.05, 3.63) is 0 Å². The number of aliphatic carboxylic acids is 1. The maximum absolute atomic E-state index is 11.3. The summed E-state index contributed by atoms with van der Waals surface area (Å²) in [6.45, 7) is 5.53. The minimum atomic E-state index is -0.954. The van der Waals surface area contributed by atoms with Crippen LogP contribution in [0, 0.1) is 0 Å². The largest absolute Gasteiger partial charge is 0.480 e. The Labute approximate surface area is 90.2 Å². The molecule has 0 rings (SSSR count). The molecular formula is C10H20N2O3. The second-order valence-electron chi connectivity index (χ2n) is 3.70. The lowest BCUT2D eigenvalue weighted by Crippen LogP contribution is -2.43. The maximum atomic E-state index is 11.3. The van der Waals surface area contributed by atoms with Gasteiger partial charge in [-0.1, -0.05) is 13.3 Å². The second-order valence-corrected chi connectivity index (χ2v) is 3.70. The molecule has 5 nitrogen and oxygen atoms in total. The Morgan fingerprint density at radius 2 is 1.93 bits per heavy atom. The van der Waals surface area contributed by atoms with Crippen molar-refractivity contribution in [2.24, 2.45) is 0 Å². The summed E-state index contributed by atoms with van der Waals surface area (Å²) in [5, 5.41) is 14.0. The molecule has 0 saturated carbocycles. The molecule has 0 bridgehead atoms. The molecule has 2 unspecified atom stereocenters. The minimum absolute atomic E-state index is 0.0432. The van der Waals surface area contributed by atoms with E-state index in [0.717, 1.165) is 12.8 Å². The van der Waals surface area contributed by atoms with Gasteiger partial charge in [-0.2, -0.15) is 0 Å². The second kappa shape index (κ2) is 7.23. The molecular weight excluding hydrogens is 196 g/mol. The van der Waals surface area contributed by atoms with Crippen molar-refractivity contribution in [3.8, 4) is 0 Å². The Hall–Kier alpha value is -1.10. The summed E-state index contributed by atoms with van der Waals surface area (Å²) in [5.41, 5.74) is 0. The van der Waals surface area contributed by atoms with Crippen LogP contribution in [0.5, 0.6) is 0 Å². The zero-order valence-corrected chi connectivity index (χ0v) is 9.54. The summed E-state index contributed by atoms with van der Waals surface area (Å²) in [6, 6.07) is -0.554. The Kier molecular flexibility index (Phi) is 6.70. The zero-order valence-electron chi connectivity index (χ0n) is 9.54. The molecule has 1 amide bonds. The molecule has 3 N–H and O–H groups in total. The first-order chi connectivity index (χ1) is 6.97. The van der Waals surface area contributed by atoms with Crippen LogP contribution in [0.25, 0.3) is 0 Å². The van der Waals surface area contributed by atoms with Gasteiger partial charge in [-0.3, -0.25) is 14.9 Å². The SMILES string of the molecule is CCCC(C)NC(=O)CNC(C)C(=O)O. The molecule has 88 valence electrons. The third-order valence-corrected chi connectivity index (χ3v) is 2.07. The fraction of sp³-hybridized carbons (Fsp3) is 0.800. The van der Waals surface area contributed by atoms with E-state index >= 15 is 0 Å². The highest BCUT2D eigenvalue weighted by Crippen LogP contribution is 1.93. The van der Waals surface area contributed by atoms with Gasteiger partial charge in [-0.15, -0.1) is 0 Å². The van der Waals surface area contributed by atoms with E-state index in [0.29, 0.717) is 0 Å². The van der Waals surface area contributed by atoms with E-state index in [1.807, 2.05) is 13.8 Å². The average molecular weight is 216 g/mol. The van der Waals surface area contributed by atoms with Crippen LogP contribution in [0.2, 0.25) is 0 Å². The van der Waals surface area contributed by atoms with E-state index in [9.17, 15) is 9.59 Å². The van der Waals surface area contributed by atoms with Gasteiger partial charge in [-0.25, -0.2) is 0 Å². The molecule has 15 heavy (non-hydrogen) atoms. The molecule has 0 aliphatic rings. The van der Waals surface area contributed by atoms with E-state index in [2.05, 4.69) is 10.6 Å². The number of carbonyl (C=O) groups is 2. The van der Waals surface area contributed by atoms with E-state index in [4.69, 9.17) is 5.11 Å². The monoisotopic (exact) mass is 216 g/mol. The van der Waals surface area contributed by atoms with Crippen molar-refractivity contribution in [1.29, 1.82) is 0 Å². The number of carbonyl (C=O) groups excluding carboxylic acids is 1. The molecule has 0 aliphatic heterocycles. The van der Waals surface area contributed by atoms with E-state index < -0.39 is 12.0 Å². The summed E-state index contributed by atoms with van der Waals surface area (Å²) in [4.78, 5) is 21.7. The van der Waals surface area contributed by atoms with Gasteiger partial charge in [0.25, 0.3) is 0 Å². The summed E-state index contributed by atoms with van der Waals surface area (Å²) in [7, 11) is 0. The summed E-state index contributed by atoms with van der Waals surface area (Å²) in [5.74, 6) is -1.12. The summed E-state index contributed by atoms with van der Waals surface area (Å²) >= 11 is 0. The lowest BCUT2D eigenvalue weighted by molar-refractivity contribution is -0.139. The summed E-state index contributed by atoms with van der Waals surface area (Å²) in [6.07, 6.45) is 1.95. The van der Waals surface area contributed by atoms with Crippen LogP contribution in [0.15, 0.2) is 0 Å². The molecule has 0 spiro atoms. The van der Waals surface area contributed by atoms with Gasteiger partial charge in [0.15, 0.2) is 0 Å². The van der Waals surface area contributed by atoms with Crippen molar-refractivity contribution < 1.29 is 14.7 Å². The first-order valence-electron chi connectivity index (χ1n) is 5.23. The molecule has 0 aromatic rings. The fourth-order valence-corrected chi connectivity index (χ4v) is 1.16. The Morgan fingerprint density at radius 1 is 1.33 bits per heavy atom. The van der Waals surface area contributed by atoms with E-state index in [1.54, 1.807) is 0 Å². The quantitative estimate of drug-likeness (QED) is 0.574. The Balaban J connectivity index is 3.70. The fourth-order valence-electron chi connectivity index (χ4n) is 1.16. The first kappa shape index (κ1) is 13.9. The van der Waals surface area contributed by atoms with Crippen LogP contribution in [-0.2, 0) is 9.59 Å². The summed E-state index contributed by atoms with van der Waals surface area (Å²) < 4.78 is 0. The first-order valence-corrected chi connectivity index (χ1v) is 5.23. The van der Waals surface area contributed by atoms with Crippen LogP contribution < -0.4 is 10.6 Å².